The van der Waals surface area contributed by atoms with Crippen molar-refractivity contribution in [3.05, 3.63) is 29.3 Å². The number of carbonyl (C=O) groups is 1. The van der Waals surface area contributed by atoms with E-state index < -0.39 is 15.9 Å². The maximum atomic E-state index is 11.7. The molecule has 0 radical (unpaired) electrons. The molecule has 0 saturated heterocycles. The van der Waals surface area contributed by atoms with E-state index in [1.165, 1.54) is 13.1 Å². The van der Waals surface area contributed by atoms with Crippen molar-refractivity contribution in [2.45, 2.75) is 6.92 Å². The van der Waals surface area contributed by atoms with Gasteiger partial charge in [-0.25, -0.2) is 13.1 Å². The normalized spacial score (nSPS) is 11.2. The van der Waals surface area contributed by atoms with Crippen LogP contribution in [0.4, 0.5) is 0 Å². The number of rotatable bonds is 5. The molecular formula is C11H16N2O4S. The number of para-hydroxylation sites is 1. The van der Waals surface area contributed by atoms with Gasteiger partial charge in [0.15, 0.2) is 0 Å². The molecule has 1 amide bonds. The van der Waals surface area contributed by atoms with Gasteiger partial charge in [0.25, 0.3) is 5.91 Å². The van der Waals surface area contributed by atoms with E-state index in [0.29, 0.717) is 5.56 Å². The standard InChI is InChI=1S/C11H16N2O4S/c1-8-4-3-5-9(10(8)14)11(15)13-6-7-18(16,17)12-2/h3-5,12,14H,6-7H2,1-2H3,(H,13,15). The number of hydrogen-bond donors (Lipinski definition) is 3. The highest BCUT2D eigenvalue weighted by Gasteiger charge is 2.13. The summed E-state index contributed by atoms with van der Waals surface area (Å²) >= 11 is 0. The molecule has 7 heteroatoms. The fourth-order valence-corrected chi connectivity index (χ4v) is 1.91. The van der Waals surface area contributed by atoms with E-state index in [2.05, 4.69) is 10.0 Å². The summed E-state index contributed by atoms with van der Waals surface area (Å²) in [6.07, 6.45) is 0. The smallest absolute Gasteiger partial charge is 0.255 e. The summed E-state index contributed by atoms with van der Waals surface area (Å²) in [5, 5.41) is 12.1. The van der Waals surface area contributed by atoms with Crippen LogP contribution in [0, 0.1) is 6.92 Å². The van der Waals surface area contributed by atoms with Crippen molar-refractivity contribution in [1.29, 1.82) is 0 Å². The molecular weight excluding hydrogens is 256 g/mol. The zero-order valence-electron chi connectivity index (χ0n) is 10.2. The molecule has 0 aliphatic rings. The van der Waals surface area contributed by atoms with E-state index in [9.17, 15) is 18.3 Å². The number of nitrogens with one attached hydrogen (secondary N) is 2. The average molecular weight is 272 g/mol. The Hall–Kier alpha value is -1.60. The Morgan fingerprint density at radius 2 is 2.06 bits per heavy atom. The van der Waals surface area contributed by atoms with Crippen molar-refractivity contribution in [2.24, 2.45) is 0 Å². The molecule has 0 spiro atoms. The van der Waals surface area contributed by atoms with Gasteiger partial charge in [0.2, 0.25) is 10.0 Å². The Kier molecular flexibility index (Phi) is 4.69. The molecule has 0 aliphatic carbocycles. The van der Waals surface area contributed by atoms with Gasteiger partial charge in [-0.1, -0.05) is 12.1 Å². The van der Waals surface area contributed by atoms with Crippen LogP contribution in [0.15, 0.2) is 18.2 Å². The molecule has 0 fully saturated rings. The van der Waals surface area contributed by atoms with Gasteiger partial charge in [0, 0.05) is 6.54 Å². The third-order valence-corrected chi connectivity index (χ3v) is 3.81. The maximum Gasteiger partial charge on any atom is 0.255 e. The molecule has 18 heavy (non-hydrogen) atoms. The van der Waals surface area contributed by atoms with Crippen molar-refractivity contribution in [3.63, 3.8) is 0 Å². The Balaban J connectivity index is 2.64. The first-order valence-electron chi connectivity index (χ1n) is 5.35. The minimum atomic E-state index is -3.34. The monoisotopic (exact) mass is 272 g/mol. The highest BCUT2D eigenvalue weighted by molar-refractivity contribution is 7.89. The summed E-state index contributed by atoms with van der Waals surface area (Å²) in [6, 6.07) is 4.80. The van der Waals surface area contributed by atoms with Crippen LogP contribution in [0.1, 0.15) is 15.9 Å². The van der Waals surface area contributed by atoms with Crippen LogP contribution < -0.4 is 10.0 Å². The van der Waals surface area contributed by atoms with Crippen LogP contribution in [0.3, 0.4) is 0 Å². The van der Waals surface area contributed by atoms with Gasteiger partial charge < -0.3 is 10.4 Å². The van der Waals surface area contributed by atoms with E-state index >= 15 is 0 Å². The summed E-state index contributed by atoms with van der Waals surface area (Å²) in [4.78, 5) is 11.7. The predicted molar refractivity (Wildman–Crippen MR) is 68.0 cm³/mol. The van der Waals surface area contributed by atoms with E-state index in [-0.39, 0.29) is 23.6 Å². The molecule has 0 saturated carbocycles. The van der Waals surface area contributed by atoms with Gasteiger partial charge in [-0.2, -0.15) is 0 Å². The van der Waals surface area contributed by atoms with Gasteiger partial charge in [0.1, 0.15) is 5.75 Å². The summed E-state index contributed by atoms with van der Waals surface area (Å²) in [6.45, 7) is 1.66. The molecule has 1 rings (SSSR count). The zero-order chi connectivity index (χ0) is 13.8. The molecule has 1 aromatic rings. The Morgan fingerprint density at radius 3 is 2.67 bits per heavy atom. The molecule has 0 atom stereocenters. The zero-order valence-corrected chi connectivity index (χ0v) is 11.0. The van der Waals surface area contributed by atoms with E-state index in [1.807, 2.05) is 0 Å². The van der Waals surface area contributed by atoms with E-state index in [0.717, 1.165) is 0 Å². The van der Waals surface area contributed by atoms with Crippen LogP contribution in [-0.4, -0.2) is 38.8 Å². The molecule has 3 N–H and O–H groups in total. The highest BCUT2D eigenvalue weighted by Crippen LogP contribution is 2.20. The Bertz CT molecular complexity index is 540. The van der Waals surface area contributed by atoms with E-state index in [1.54, 1.807) is 19.1 Å². The molecule has 6 nitrogen and oxygen atoms in total. The number of aryl methyl sites for hydroxylation is 1. The number of sulfonamides is 1. The van der Waals surface area contributed by atoms with Crippen molar-refractivity contribution < 1.29 is 18.3 Å². The fraction of sp³-hybridized carbons (Fsp3) is 0.364. The number of hydrogen-bond acceptors (Lipinski definition) is 4. The second-order valence-corrected chi connectivity index (χ2v) is 5.80. The third-order valence-electron chi connectivity index (χ3n) is 2.45. The van der Waals surface area contributed by atoms with Crippen LogP contribution in [0.5, 0.6) is 5.75 Å². The first-order chi connectivity index (χ1) is 8.37. The summed E-state index contributed by atoms with van der Waals surface area (Å²) in [5.41, 5.74) is 0.724. The Labute approximate surface area is 106 Å². The number of phenols is 1. The minimum Gasteiger partial charge on any atom is -0.507 e. The number of carbonyl (C=O) groups excluding carboxylic acids is 1. The fourth-order valence-electron chi connectivity index (χ4n) is 1.34. The van der Waals surface area contributed by atoms with Gasteiger partial charge in [0.05, 0.1) is 11.3 Å². The van der Waals surface area contributed by atoms with Crippen molar-refractivity contribution >= 4 is 15.9 Å². The minimum absolute atomic E-state index is 0.0185. The van der Waals surface area contributed by atoms with E-state index in [4.69, 9.17) is 0 Å². The number of amides is 1. The van der Waals surface area contributed by atoms with Gasteiger partial charge in [-0.3, -0.25) is 4.79 Å². The highest BCUT2D eigenvalue weighted by atomic mass is 32.2. The topological polar surface area (TPSA) is 95.5 Å². The van der Waals surface area contributed by atoms with Gasteiger partial charge in [-0.15, -0.1) is 0 Å². The van der Waals surface area contributed by atoms with Crippen molar-refractivity contribution in [1.82, 2.24) is 10.0 Å². The lowest BCUT2D eigenvalue weighted by atomic mass is 10.1. The second-order valence-electron chi connectivity index (χ2n) is 3.75. The predicted octanol–water partition coefficient (Wildman–Crippen LogP) is -0.0204. The number of phenolic OH excluding ortho intramolecular Hbond substituents is 1. The van der Waals surface area contributed by atoms with Crippen LogP contribution >= 0.6 is 0 Å². The molecule has 0 aromatic heterocycles. The molecule has 0 unspecified atom stereocenters. The molecule has 0 bridgehead atoms. The first-order valence-corrected chi connectivity index (χ1v) is 7.00. The lowest BCUT2D eigenvalue weighted by Gasteiger charge is -2.08. The molecule has 100 valence electrons. The summed E-state index contributed by atoms with van der Waals surface area (Å²) in [7, 11) is -2.03. The maximum absolute atomic E-state index is 11.7. The molecule has 0 aliphatic heterocycles. The lowest BCUT2D eigenvalue weighted by Crippen LogP contribution is -2.33. The van der Waals surface area contributed by atoms with Gasteiger partial charge in [-0.05, 0) is 25.6 Å². The quantitative estimate of drug-likeness (QED) is 0.702. The van der Waals surface area contributed by atoms with Crippen molar-refractivity contribution in [3.8, 4) is 5.75 Å². The average Bonchev–Trinajstić information content (AvgIpc) is 2.32. The number of aromatic hydroxyl groups is 1. The largest absolute Gasteiger partial charge is 0.507 e. The third kappa shape index (κ3) is 3.71. The van der Waals surface area contributed by atoms with Crippen LogP contribution in [-0.2, 0) is 10.0 Å². The van der Waals surface area contributed by atoms with Crippen LogP contribution in [0.2, 0.25) is 0 Å². The van der Waals surface area contributed by atoms with Gasteiger partial charge >= 0.3 is 0 Å². The summed E-state index contributed by atoms with van der Waals surface area (Å²) in [5.74, 6) is -0.795. The second kappa shape index (κ2) is 5.83. The molecule has 0 heterocycles. The van der Waals surface area contributed by atoms with Crippen molar-refractivity contribution in [2.75, 3.05) is 19.3 Å². The Morgan fingerprint density at radius 1 is 1.39 bits per heavy atom. The SMILES string of the molecule is CNS(=O)(=O)CCNC(=O)c1cccc(C)c1O. The molecule has 1 aromatic carbocycles. The van der Waals surface area contributed by atoms with Crippen LogP contribution in [0.25, 0.3) is 0 Å². The number of benzene rings is 1. The lowest BCUT2D eigenvalue weighted by molar-refractivity contribution is 0.0953. The first kappa shape index (κ1) is 14.5. The summed E-state index contributed by atoms with van der Waals surface area (Å²) < 4.78 is 24.4.